The minimum Gasteiger partial charge on any atom is -0.386 e. The van der Waals surface area contributed by atoms with Crippen LogP contribution in [0.15, 0.2) is 121 Å². The van der Waals surface area contributed by atoms with E-state index in [2.05, 4.69) is 0 Å². The van der Waals surface area contributed by atoms with Crippen molar-refractivity contribution >= 4 is 15.6 Å². The molecule has 6 aromatic carbocycles. The van der Waals surface area contributed by atoms with Gasteiger partial charge in [0.2, 0.25) is 0 Å². The van der Waals surface area contributed by atoms with Crippen molar-refractivity contribution < 1.29 is 36.3 Å². The molecule has 0 aliphatic carbocycles. The highest BCUT2D eigenvalue weighted by atomic mass is 31.2. The molecule has 6 aromatic rings. The molecule has 0 aliphatic heterocycles. The van der Waals surface area contributed by atoms with Crippen LogP contribution in [0, 0.1) is 55.4 Å². The summed E-state index contributed by atoms with van der Waals surface area (Å²) in [6.07, 6.45) is 0. The summed E-state index contributed by atoms with van der Waals surface area (Å²) >= 11 is 0. The second-order valence-electron chi connectivity index (χ2n) is 13.4. The molecule has 0 bridgehead atoms. The predicted molar refractivity (Wildman–Crippen MR) is 215 cm³/mol. The van der Waals surface area contributed by atoms with Crippen LogP contribution in [0.4, 0.5) is 0 Å². The van der Waals surface area contributed by atoms with Gasteiger partial charge in [-0.1, -0.05) is 97.1 Å². The van der Waals surface area contributed by atoms with Gasteiger partial charge in [0.25, 0.3) is 0 Å². The Bertz CT molecular complexity index is 2060. The monoisotopic (exact) mass is 762 g/mol. The summed E-state index contributed by atoms with van der Waals surface area (Å²) in [5.41, 5.74) is 7.69. The van der Waals surface area contributed by atoms with Gasteiger partial charge < -0.3 is 27.1 Å². The van der Waals surface area contributed by atoms with Crippen LogP contribution >= 0.6 is 15.6 Å². The number of phosphoric ester groups is 2. The normalized spacial score (nSPS) is 11.5. The number of para-hydroxylation sites is 4. The molecule has 0 N–H and O–H groups in total. The van der Waals surface area contributed by atoms with Crippen molar-refractivity contribution in [3.63, 3.8) is 0 Å². The molecule has 0 aliphatic rings. The fourth-order valence-corrected chi connectivity index (χ4v) is 9.07. The lowest BCUT2D eigenvalue weighted by Gasteiger charge is -2.23. The van der Waals surface area contributed by atoms with Gasteiger partial charge in [0.15, 0.2) is 0 Å². The number of hydrogen-bond acceptors (Lipinski definition) is 8. The van der Waals surface area contributed by atoms with Crippen molar-refractivity contribution in [3.05, 3.63) is 166 Å². The first-order valence-corrected chi connectivity index (χ1v) is 20.5. The molecule has 54 heavy (non-hydrogen) atoms. The van der Waals surface area contributed by atoms with Gasteiger partial charge in [-0.05, 0) is 135 Å². The van der Waals surface area contributed by atoms with Crippen LogP contribution in [0.5, 0.6) is 34.5 Å². The Labute approximate surface area is 317 Å². The van der Waals surface area contributed by atoms with Gasteiger partial charge in [-0.15, -0.1) is 0 Å². The summed E-state index contributed by atoms with van der Waals surface area (Å²) in [4.78, 5) is 0. The molecular formula is C44H44O8P2. The zero-order valence-electron chi connectivity index (χ0n) is 31.7. The molecule has 0 saturated heterocycles. The Morgan fingerprint density at radius 2 is 0.537 bits per heavy atom. The Balaban J connectivity index is 1.33. The number of phosphoric acid groups is 2. The molecule has 0 atom stereocenters. The van der Waals surface area contributed by atoms with E-state index in [1.807, 2.05) is 140 Å². The van der Waals surface area contributed by atoms with Crippen molar-refractivity contribution in [3.8, 4) is 45.6 Å². The minimum absolute atomic E-state index is 0.252. The zero-order chi connectivity index (χ0) is 38.6. The second-order valence-corrected chi connectivity index (χ2v) is 16.3. The summed E-state index contributed by atoms with van der Waals surface area (Å²) in [6, 6.07) is 36.7. The van der Waals surface area contributed by atoms with E-state index in [0.29, 0.717) is 34.1 Å². The van der Waals surface area contributed by atoms with Crippen LogP contribution in [0.25, 0.3) is 11.1 Å². The molecule has 0 saturated carbocycles. The third-order valence-electron chi connectivity index (χ3n) is 8.88. The molecule has 6 rings (SSSR count). The molecule has 278 valence electrons. The fourth-order valence-electron chi connectivity index (χ4n) is 6.05. The number of hydrogen-bond donors (Lipinski definition) is 0. The van der Waals surface area contributed by atoms with Crippen LogP contribution in [0.3, 0.4) is 0 Å². The lowest BCUT2D eigenvalue weighted by atomic mass is 10.1. The van der Waals surface area contributed by atoms with Crippen molar-refractivity contribution in [2.24, 2.45) is 0 Å². The smallest absolute Gasteiger partial charge is 0.386 e. The molecule has 0 fully saturated rings. The van der Waals surface area contributed by atoms with E-state index in [9.17, 15) is 9.13 Å². The van der Waals surface area contributed by atoms with Crippen molar-refractivity contribution in [1.29, 1.82) is 0 Å². The lowest BCUT2D eigenvalue weighted by molar-refractivity contribution is 0.294. The van der Waals surface area contributed by atoms with E-state index in [-0.39, 0.29) is 11.5 Å². The first kappa shape index (κ1) is 38.3. The van der Waals surface area contributed by atoms with E-state index >= 15 is 0 Å². The van der Waals surface area contributed by atoms with E-state index in [0.717, 1.165) is 44.5 Å². The molecule has 0 radical (unpaired) electrons. The molecule has 0 spiro atoms. The van der Waals surface area contributed by atoms with Crippen LogP contribution in [-0.2, 0) is 9.13 Å². The second kappa shape index (κ2) is 15.9. The summed E-state index contributed by atoms with van der Waals surface area (Å²) < 4.78 is 66.3. The molecule has 0 unspecified atom stereocenters. The van der Waals surface area contributed by atoms with Crippen LogP contribution in [-0.4, -0.2) is 0 Å². The molecule has 0 aromatic heterocycles. The third kappa shape index (κ3) is 8.85. The van der Waals surface area contributed by atoms with Gasteiger partial charge in [-0.25, -0.2) is 0 Å². The predicted octanol–water partition coefficient (Wildman–Crippen LogP) is 13.1. The average molecular weight is 763 g/mol. The van der Waals surface area contributed by atoms with Gasteiger partial charge in [-0.2, -0.15) is 9.13 Å². The molecular weight excluding hydrogens is 718 g/mol. The Hall–Kier alpha value is -5.42. The number of benzene rings is 6. The van der Waals surface area contributed by atoms with E-state index in [1.165, 1.54) is 0 Å². The molecule has 8 nitrogen and oxygen atoms in total. The zero-order valence-corrected chi connectivity index (χ0v) is 33.5. The standard InChI is InChI=1S/C44H44O8P2/c1-29-15-9-16-30(2)41(29)49-53(45,50-42-31(3)17-10-18-32(42)4)47-39-25-13-23-37(27-39)38-24-14-26-40(28-38)48-54(46,51-43-33(5)19-11-20-34(43)6)52-44-35(7)21-12-22-36(44)8/h9-28H,1-8H3. The molecule has 10 heteroatoms. The molecule has 0 amide bonds. The summed E-state index contributed by atoms with van der Waals surface area (Å²) in [5.74, 6) is 2.18. The maximum atomic E-state index is 14.6. The maximum Gasteiger partial charge on any atom is 0.647 e. The van der Waals surface area contributed by atoms with E-state index in [4.69, 9.17) is 27.1 Å². The maximum absolute atomic E-state index is 14.6. The molecule has 0 heterocycles. The summed E-state index contributed by atoms with van der Waals surface area (Å²) in [7, 11) is -8.64. The Morgan fingerprint density at radius 1 is 0.315 bits per heavy atom. The first-order valence-electron chi connectivity index (χ1n) is 17.6. The Morgan fingerprint density at radius 3 is 0.778 bits per heavy atom. The topological polar surface area (TPSA) is 89.5 Å². The number of aryl methyl sites for hydroxylation is 8. The van der Waals surface area contributed by atoms with Gasteiger partial charge in [0, 0.05) is 0 Å². The summed E-state index contributed by atoms with van der Waals surface area (Å²) in [5, 5.41) is 0. The van der Waals surface area contributed by atoms with Crippen molar-refractivity contribution in [2.75, 3.05) is 0 Å². The fraction of sp³-hybridized carbons (Fsp3) is 0.182. The third-order valence-corrected chi connectivity index (χ3v) is 11.4. The van der Waals surface area contributed by atoms with Crippen molar-refractivity contribution in [1.82, 2.24) is 0 Å². The highest BCUT2D eigenvalue weighted by Crippen LogP contribution is 2.54. The quantitative estimate of drug-likeness (QED) is 0.107. The minimum atomic E-state index is -4.32. The van der Waals surface area contributed by atoms with Gasteiger partial charge in [-0.3, -0.25) is 0 Å². The highest BCUT2D eigenvalue weighted by molar-refractivity contribution is 7.50. The van der Waals surface area contributed by atoms with Gasteiger partial charge in [0.1, 0.15) is 34.5 Å². The van der Waals surface area contributed by atoms with Crippen LogP contribution in [0.2, 0.25) is 0 Å². The SMILES string of the molecule is Cc1cccc(C)c1OP(=O)(Oc1cccc(-c2cccc(OP(=O)(Oc3c(C)cccc3C)Oc3c(C)cccc3C)c2)c1)Oc1c(C)cccc1C. The van der Waals surface area contributed by atoms with Crippen molar-refractivity contribution in [2.45, 2.75) is 55.4 Å². The lowest BCUT2D eigenvalue weighted by Crippen LogP contribution is -2.10. The van der Waals surface area contributed by atoms with Gasteiger partial charge >= 0.3 is 15.6 Å². The first-order chi connectivity index (χ1) is 25.7. The average Bonchev–Trinajstić information content (AvgIpc) is 3.12. The number of rotatable bonds is 13. The Kier molecular flexibility index (Phi) is 11.3. The van der Waals surface area contributed by atoms with E-state index in [1.54, 1.807) is 36.4 Å². The van der Waals surface area contributed by atoms with Crippen LogP contribution < -0.4 is 27.1 Å². The van der Waals surface area contributed by atoms with E-state index < -0.39 is 15.6 Å². The summed E-state index contributed by atoms with van der Waals surface area (Å²) in [6.45, 7) is 15.0. The van der Waals surface area contributed by atoms with Crippen LogP contribution in [0.1, 0.15) is 44.5 Å². The van der Waals surface area contributed by atoms with Gasteiger partial charge in [0.05, 0.1) is 0 Å². The largest absolute Gasteiger partial charge is 0.647 e. The highest BCUT2D eigenvalue weighted by Gasteiger charge is 2.37.